The summed E-state index contributed by atoms with van der Waals surface area (Å²) < 4.78 is 11.1. The van der Waals surface area contributed by atoms with Crippen molar-refractivity contribution in [2.75, 3.05) is 0 Å². The third-order valence-electron chi connectivity index (χ3n) is 2.79. The van der Waals surface area contributed by atoms with Gasteiger partial charge in [-0.2, -0.15) is 0 Å². The number of benzene rings is 2. The number of ether oxygens (including phenoxy) is 1. The fraction of sp³-hybridized carbons (Fsp3) is 0.0667. The van der Waals surface area contributed by atoms with Crippen LogP contribution >= 0.6 is 0 Å². The van der Waals surface area contributed by atoms with Gasteiger partial charge in [0.25, 0.3) is 0 Å². The van der Waals surface area contributed by atoms with E-state index in [1.54, 1.807) is 30.5 Å². The molecule has 0 radical (unpaired) electrons. The van der Waals surface area contributed by atoms with Crippen molar-refractivity contribution in [3.8, 4) is 11.5 Å². The van der Waals surface area contributed by atoms with Crippen LogP contribution in [-0.4, -0.2) is 5.11 Å². The molecule has 0 amide bonds. The summed E-state index contributed by atoms with van der Waals surface area (Å²) in [6.07, 6.45) is 1.71. The van der Waals surface area contributed by atoms with E-state index in [4.69, 9.17) is 9.15 Å². The summed E-state index contributed by atoms with van der Waals surface area (Å²) in [5, 5.41) is 10.2. The van der Waals surface area contributed by atoms with Gasteiger partial charge >= 0.3 is 0 Å². The van der Waals surface area contributed by atoms with E-state index in [0.29, 0.717) is 6.61 Å². The molecule has 3 aromatic rings. The Balaban J connectivity index is 1.79. The van der Waals surface area contributed by atoms with E-state index in [2.05, 4.69) is 0 Å². The van der Waals surface area contributed by atoms with Crippen LogP contribution in [0.5, 0.6) is 11.5 Å². The van der Waals surface area contributed by atoms with Gasteiger partial charge in [0.15, 0.2) is 0 Å². The molecular formula is C15H12O3. The van der Waals surface area contributed by atoms with Gasteiger partial charge in [-0.1, -0.05) is 18.2 Å². The zero-order valence-electron chi connectivity index (χ0n) is 9.67. The molecule has 0 saturated carbocycles. The fourth-order valence-electron chi connectivity index (χ4n) is 1.85. The quantitative estimate of drug-likeness (QED) is 0.758. The van der Waals surface area contributed by atoms with E-state index in [1.165, 1.54) is 0 Å². The summed E-state index contributed by atoms with van der Waals surface area (Å²) >= 11 is 0. The highest BCUT2D eigenvalue weighted by atomic mass is 16.5. The van der Waals surface area contributed by atoms with Gasteiger partial charge in [-0.3, -0.25) is 0 Å². The van der Waals surface area contributed by atoms with Gasteiger partial charge < -0.3 is 14.3 Å². The Morgan fingerprint density at radius 1 is 1.00 bits per heavy atom. The lowest BCUT2D eigenvalue weighted by molar-refractivity contribution is 0.305. The van der Waals surface area contributed by atoms with Crippen LogP contribution in [-0.2, 0) is 6.61 Å². The minimum Gasteiger partial charge on any atom is -0.508 e. The van der Waals surface area contributed by atoms with Gasteiger partial charge in [0.05, 0.1) is 6.26 Å². The minimum absolute atomic E-state index is 0.233. The Labute approximate surface area is 104 Å². The minimum atomic E-state index is 0.233. The van der Waals surface area contributed by atoms with Gasteiger partial charge in [0, 0.05) is 10.9 Å². The van der Waals surface area contributed by atoms with Gasteiger partial charge in [-0.05, 0) is 30.3 Å². The molecule has 0 aliphatic carbocycles. The number of hydrogen-bond acceptors (Lipinski definition) is 3. The zero-order valence-corrected chi connectivity index (χ0v) is 9.67. The number of rotatable bonds is 3. The van der Waals surface area contributed by atoms with Gasteiger partial charge in [-0.15, -0.1) is 0 Å². The van der Waals surface area contributed by atoms with Crippen LogP contribution < -0.4 is 4.74 Å². The fourth-order valence-corrected chi connectivity index (χ4v) is 1.85. The van der Waals surface area contributed by atoms with E-state index in [9.17, 15) is 5.11 Å². The number of phenols is 1. The molecule has 3 nitrogen and oxygen atoms in total. The lowest BCUT2D eigenvalue weighted by Crippen LogP contribution is -1.93. The van der Waals surface area contributed by atoms with Crippen molar-refractivity contribution in [2.45, 2.75) is 6.61 Å². The predicted octanol–water partition coefficient (Wildman–Crippen LogP) is 3.72. The van der Waals surface area contributed by atoms with Gasteiger partial charge in [-0.25, -0.2) is 0 Å². The standard InChI is InChI=1S/C15H12O3/c16-12-5-7-13(8-6-12)17-9-11-10-18-15-4-2-1-3-14(11)15/h1-8,10,16H,9H2. The van der Waals surface area contributed by atoms with E-state index >= 15 is 0 Å². The molecule has 0 aliphatic heterocycles. The second-order valence-corrected chi connectivity index (χ2v) is 4.04. The van der Waals surface area contributed by atoms with E-state index < -0.39 is 0 Å². The number of phenolic OH excluding ortho intramolecular Hbond substituents is 1. The Morgan fingerprint density at radius 3 is 2.61 bits per heavy atom. The Morgan fingerprint density at radius 2 is 1.78 bits per heavy atom. The molecule has 3 heteroatoms. The maximum absolute atomic E-state index is 9.18. The molecule has 0 unspecified atom stereocenters. The molecule has 2 aromatic carbocycles. The lowest BCUT2D eigenvalue weighted by atomic mass is 10.2. The average molecular weight is 240 g/mol. The molecule has 1 N–H and O–H groups in total. The summed E-state index contributed by atoms with van der Waals surface area (Å²) in [5.74, 6) is 0.953. The van der Waals surface area contributed by atoms with Crippen LogP contribution in [0.4, 0.5) is 0 Å². The smallest absolute Gasteiger partial charge is 0.134 e. The van der Waals surface area contributed by atoms with Crippen LogP contribution in [0.2, 0.25) is 0 Å². The van der Waals surface area contributed by atoms with Crippen molar-refractivity contribution >= 4 is 11.0 Å². The molecule has 18 heavy (non-hydrogen) atoms. The highest BCUT2D eigenvalue weighted by Gasteiger charge is 2.05. The van der Waals surface area contributed by atoms with Crippen molar-refractivity contribution in [1.29, 1.82) is 0 Å². The summed E-state index contributed by atoms with van der Waals surface area (Å²) in [4.78, 5) is 0. The van der Waals surface area contributed by atoms with Crippen molar-refractivity contribution < 1.29 is 14.3 Å². The predicted molar refractivity (Wildman–Crippen MR) is 68.7 cm³/mol. The molecule has 1 heterocycles. The molecule has 0 bridgehead atoms. The van der Waals surface area contributed by atoms with Crippen molar-refractivity contribution in [3.05, 3.63) is 60.4 Å². The summed E-state index contributed by atoms with van der Waals surface area (Å²) in [5.41, 5.74) is 1.88. The lowest BCUT2D eigenvalue weighted by Gasteiger charge is -2.04. The highest BCUT2D eigenvalue weighted by Crippen LogP contribution is 2.23. The first-order chi connectivity index (χ1) is 8.83. The second-order valence-electron chi connectivity index (χ2n) is 4.04. The molecular weight excluding hydrogens is 228 g/mol. The maximum Gasteiger partial charge on any atom is 0.134 e. The summed E-state index contributed by atoms with van der Waals surface area (Å²) in [7, 11) is 0. The molecule has 90 valence electrons. The normalized spacial score (nSPS) is 10.7. The van der Waals surface area contributed by atoms with Crippen molar-refractivity contribution in [3.63, 3.8) is 0 Å². The third-order valence-corrected chi connectivity index (χ3v) is 2.79. The Bertz CT molecular complexity index is 653. The molecule has 3 rings (SSSR count). The molecule has 1 aromatic heterocycles. The average Bonchev–Trinajstić information content (AvgIpc) is 2.82. The molecule has 0 fully saturated rings. The van der Waals surface area contributed by atoms with Crippen molar-refractivity contribution in [1.82, 2.24) is 0 Å². The van der Waals surface area contributed by atoms with Crippen LogP contribution in [0, 0.1) is 0 Å². The first-order valence-electron chi connectivity index (χ1n) is 5.70. The van der Waals surface area contributed by atoms with Crippen LogP contribution in [0.1, 0.15) is 5.56 Å². The molecule has 0 spiro atoms. The van der Waals surface area contributed by atoms with Crippen molar-refractivity contribution in [2.24, 2.45) is 0 Å². The second kappa shape index (κ2) is 4.45. The SMILES string of the molecule is Oc1ccc(OCc2coc3ccccc23)cc1. The monoisotopic (exact) mass is 240 g/mol. The van der Waals surface area contributed by atoms with E-state index in [-0.39, 0.29) is 5.75 Å². The van der Waals surface area contributed by atoms with E-state index in [0.717, 1.165) is 22.3 Å². The number of hydrogen-bond donors (Lipinski definition) is 1. The summed E-state index contributed by atoms with van der Waals surface area (Å²) in [6, 6.07) is 14.5. The maximum atomic E-state index is 9.18. The largest absolute Gasteiger partial charge is 0.508 e. The highest BCUT2D eigenvalue weighted by molar-refractivity contribution is 5.80. The number of furan rings is 1. The van der Waals surface area contributed by atoms with Gasteiger partial charge in [0.1, 0.15) is 23.7 Å². The number of fused-ring (bicyclic) bond motifs is 1. The number of para-hydroxylation sites is 1. The van der Waals surface area contributed by atoms with Crippen LogP contribution in [0.25, 0.3) is 11.0 Å². The topological polar surface area (TPSA) is 42.6 Å². The molecule has 0 atom stereocenters. The van der Waals surface area contributed by atoms with Gasteiger partial charge in [0.2, 0.25) is 0 Å². The Hall–Kier alpha value is -2.42. The van der Waals surface area contributed by atoms with Crippen LogP contribution in [0.3, 0.4) is 0 Å². The third kappa shape index (κ3) is 2.02. The first kappa shape index (κ1) is 10.7. The van der Waals surface area contributed by atoms with E-state index in [1.807, 2.05) is 24.3 Å². The Kier molecular flexibility index (Phi) is 2.65. The summed E-state index contributed by atoms with van der Waals surface area (Å²) in [6.45, 7) is 0.446. The molecule has 0 aliphatic rings. The first-order valence-corrected chi connectivity index (χ1v) is 5.70. The van der Waals surface area contributed by atoms with Crippen LogP contribution in [0.15, 0.2) is 59.2 Å². The number of aromatic hydroxyl groups is 1. The molecule has 0 saturated heterocycles. The zero-order chi connectivity index (χ0) is 12.4.